The van der Waals surface area contributed by atoms with Gasteiger partial charge in [-0.2, -0.15) is 5.26 Å². The molecule has 134 valence electrons. The van der Waals surface area contributed by atoms with E-state index in [4.69, 9.17) is 4.74 Å². The van der Waals surface area contributed by atoms with Crippen molar-refractivity contribution < 1.29 is 19.1 Å². The lowest BCUT2D eigenvalue weighted by Gasteiger charge is -2.11. The van der Waals surface area contributed by atoms with Crippen LogP contribution in [0.25, 0.3) is 0 Å². The molecule has 0 aromatic carbocycles. The fourth-order valence-corrected chi connectivity index (χ4v) is 2.54. The topological polar surface area (TPSA) is 112 Å². The zero-order valence-corrected chi connectivity index (χ0v) is 15.4. The van der Waals surface area contributed by atoms with Gasteiger partial charge in [-0.3, -0.25) is 9.59 Å². The minimum atomic E-state index is -0.541. The third-order valence-electron chi connectivity index (χ3n) is 3.07. The standard InChI is InChI=1S/C16H20N4O4S/c1-5-24-16(23)12-6-11(7-17)15(19-10(12)2)25-9-13(21)18-8-14(22)20(3)4/h6H,5,8-9H2,1-4H3,(H,18,21). The summed E-state index contributed by atoms with van der Waals surface area (Å²) in [5.41, 5.74) is 0.836. The van der Waals surface area contributed by atoms with Crippen LogP contribution in [0.5, 0.6) is 0 Å². The van der Waals surface area contributed by atoms with Gasteiger partial charge in [0.05, 0.1) is 35.7 Å². The Kier molecular flexibility index (Phi) is 7.88. The maximum absolute atomic E-state index is 11.8. The first-order valence-electron chi connectivity index (χ1n) is 7.48. The molecule has 9 heteroatoms. The van der Waals surface area contributed by atoms with Crippen molar-refractivity contribution >= 4 is 29.5 Å². The summed E-state index contributed by atoms with van der Waals surface area (Å²) in [6.45, 7) is 3.46. The van der Waals surface area contributed by atoms with E-state index in [1.807, 2.05) is 6.07 Å². The summed E-state index contributed by atoms with van der Waals surface area (Å²) in [4.78, 5) is 40.7. The highest BCUT2D eigenvalue weighted by molar-refractivity contribution is 8.00. The molecule has 0 radical (unpaired) electrons. The van der Waals surface area contributed by atoms with Crippen LogP contribution in [-0.2, 0) is 14.3 Å². The first-order chi connectivity index (χ1) is 11.8. The number of carbonyl (C=O) groups is 3. The van der Waals surface area contributed by atoms with Crippen LogP contribution in [0, 0.1) is 18.3 Å². The Bertz CT molecular complexity index is 713. The van der Waals surface area contributed by atoms with Crippen molar-refractivity contribution in [2.45, 2.75) is 18.9 Å². The van der Waals surface area contributed by atoms with E-state index in [1.165, 1.54) is 11.0 Å². The van der Waals surface area contributed by atoms with Crippen molar-refractivity contribution in [3.63, 3.8) is 0 Å². The van der Waals surface area contributed by atoms with Crippen LogP contribution < -0.4 is 5.32 Å². The van der Waals surface area contributed by atoms with Gasteiger partial charge in [-0.15, -0.1) is 0 Å². The number of hydrogen-bond donors (Lipinski definition) is 1. The summed E-state index contributed by atoms with van der Waals surface area (Å²) < 4.78 is 4.92. The lowest BCUT2D eigenvalue weighted by molar-refractivity contribution is -0.130. The van der Waals surface area contributed by atoms with Crippen LogP contribution in [0.3, 0.4) is 0 Å². The number of pyridine rings is 1. The number of aromatic nitrogens is 1. The number of amides is 2. The molecule has 0 fully saturated rings. The number of aryl methyl sites for hydroxylation is 1. The minimum Gasteiger partial charge on any atom is -0.462 e. The number of hydrogen-bond acceptors (Lipinski definition) is 7. The molecule has 1 heterocycles. The molecule has 0 atom stereocenters. The van der Waals surface area contributed by atoms with Crippen molar-refractivity contribution in [3.05, 3.63) is 22.9 Å². The second-order valence-electron chi connectivity index (χ2n) is 5.16. The van der Waals surface area contributed by atoms with Crippen LogP contribution in [0.1, 0.15) is 28.5 Å². The van der Waals surface area contributed by atoms with Crippen molar-refractivity contribution in [1.29, 1.82) is 5.26 Å². The van der Waals surface area contributed by atoms with Gasteiger partial charge in [0.15, 0.2) is 0 Å². The van der Waals surface area contributed by atoms with Gasteiger partial charge in [-0.1, -0.05) is 11.8 Å². The lowest BCUT2D eigenvalue weighted by Crippen LogP contribution is -2.37. The Morgan fingerprint density at radius 2 is 2.08 bits per heavy atom. The lowest BCUT2D eigenvalue weighted by atomic mass is 10.1. The first-order valence-corrected chi connectivity index (χ1v) is 8.47. The third-order valence-corrected chi connectivity index (χ3v) is 4.06. The molecule has 2 amide bonds. The molecule has 1 rings (SSSR count). The molecule has 1 aromatic heterocycles. The normalized spacial score (nSPS) is 9.88. The highest BCUT2D eigenvalue weighted by Gasteiger charge is 2.17. The zero-order valence-electron chi connectivity index (χ0n) is 14.6. The van der Waals surface area contributed by atoms with Gasteiger partial charge in [0.1, 0.15) is 11.1 Å². The SMILES string of the molecule is CCOC(=O)c1cc(C#N)c(SCC(=O)NCC(=O)N(C)C)nc1C. The summed E-state index contributed by atoms with van der Waals surface area (Å²) in [5.74, 6) is -1.11. The second-order valence-corrected chi connectivity index (χ2v) is 6.12. The summed E-state index contributed by atoms with van der Waals surface area (Å²) in [7, 11) is 3.19. The van der Waals surface area contributed by atoms with E-state index >= 15 is 0 Å². The molecule has 25 heavy (non-hydrogen) atoms. The number of likely N-dealkylation sites (N-methyl/N-ethyl adjacent to an activating group) is 1. The molecule has 0 unspecified atom stereocenters. The average molecular weight is 364 g/mol. The fraction of sp³-hybridized carbons (Fsp3) is 0.438. The molecule has 1 aromatic rings. The molecular formula is C16H20N4O4S. The highest BCUT2D eigenvalue weighted by atomic mass is 32.2. The van der Waals surface area contributed by atoms with Gasteiger partial charge < -0.3 is 15.0 Å². The van der Waals surface area contributed by atoms with Gasteiger partial charge in [0.2, 0.25) is 11.8 Å². The number of ether oxygens (including phenoxy) is 1. The van der Waals surface area contributed by atoms with Crippen molar-refractivity contribution in [3.8, 4) is 6.07 Å². The van der Waals surface area contributed by atoms with Gasteiger partial charge in [0, 0.05) is 14.1 Å². The molecule has 0 spiro atoms. The highest BCUT2D eigenvalue weighted by Crippen LogP contribution is 2.23. The molecule has 0 aliphatic rings. The van der Waals surface area contributed by atoms with E-state index < -0.39 is 5.97 Å². The molecule has 0 saturated carbocycles. The molecule has 0 bridgehead atoms. The van der Waals surface area contributed by atoms with Crippen LogP contribution >= 0.6 is 11.8 Å². The molecular weight excluding hydrogens is 344 g/mol. The number of carbonyl (C=O) groups excluding carboxylic acids is 3. The quantitative estimate of drug-likeness (QED) is 0.561. The predicted octanol–water partition coefficient (Wildman–Crippen LogP) is 0.735. The van der Waals surface area contributed by atoms with Crippen LogP contribution in [0.4, 0.5) is 0 Å². The number of thioether (sulfide) groups is 1. The Balaban J connectivity index is 2.78. The number of rotatable bonds is 7. The molecule has 0 aliphatic heterocycles. The predicted molar refractivity (Wildman–Crippen MR) is 92.1 cm³/mol. The second kappa shape index (κ2) is 9.64. The van der Waals surface area contributed by atoms with E-state index in [9.17, 15) is 19.6 Å². The van der Waals surface area contributed by atoms with Crippen LogP contribution in [0.2, 0.25) is 0 Å². The molecule has 1 N–H and O–H groups in total. The smallest absolute Gasteiger partial charge is 0.340 e. The number of nitrogens with one attached hydrogen (secondary N) is 1. The molecule has 0 aliphatic carbocycles. The van der Waals surface area contributed by atoms with Gasteiger partial charge >= 0.3 is 5.97 Å². The van der Waals surface area contributed by atoms with Crippen LogP contribution in [-0.4, -0.2) is 60.7 Å². The van der Waals surface area contributed by atoms with E-state index in [2.05, 4.69) is 10.3 Å². The molecule has 0 saturated heterocycles. The van der Waals surface area contributed by atoms with Crippen molar-refractivity contribution in [2.75, 3.05) is 33.0 Å². The Labute approximate surface area is 150 Å². The van der Waals surface area contributed by atoms with E-state index in [0.717, 1.165) is 11.8 Å². The van der Waals surface area contributed by atoms with Crippen molar-refractivity contribution in [1.82, 2.24) is 15.2 Å². The summed E-state index contributed by atoms with van der Waals surface area (Å²) in [5, 5.41) is 12.1. The summed E-state index contributed by atoms with van der Waals surface area (Å²) in [6, 6.07) is 3.38. The third kappa shape index (κ3) is 6.08. The van der Waals surface area contributed by atoms with E-state index in [0.29, 0.717) is 10.7 Å². The monoisotopic (exact) mass is 364 g/mol. The zero-order chi connectivity index (χ0) is 19.0. The van der Waals surface area contributed by atoms with Gasteiger partial charge in [0.25, 0.3) is 0 Å². The van der Waals surface area contributed by atoms with Crippen LogP contribution in [0.15, 0.2) is 11.1 Å². The largest absolute Gasteiger partial charge is 0.462 e. The maximum atomic E-state index is 11.8. The maximum Gasteiger partial charge on any atom is 0.340 e. The number of nitriles is 1. The van der Waals surface area contributed by atoms with Crippen molar-refractivity contribution in [2.24, 2.45) is 0 Å². The van der Waals surface area contributed by atoms with Gasteiger partial charge in [-0.25, -0.2) is 9.78 Å². The Morgan fingerprint density at radius 3 is 2.64 bits per heavy atom. The van der Waals surface area contributed by atoms with Gasteiger partial charge in [-0.05, 0) is 19.9 Å². The summed E-state index contributed by atoms with van der Waals surface area (Å²) in [6.07, 6.45) is 0. The van der Waals surface area contributed by atoms with E-state index in [1.54, 1.807) is 27.9 Å². The Morgan fingerprint density at radius 1 is 1.40 bits per heavy atom. The fourth-order valence-electron chi connectivity index (χ4n) is 1.71. The molecule has 8 nitrogen and oxygen atoms in total. The Hall–Kier alpha value is -2.60. The summed E-state index contributed by atoms with van der Waals surface area (Å²) >= 11 is 1.07. The number of nitrogens with zero attached hydrogens (tertiary/aromatic N) is 3. The average Bonchev–Trinajstić information content (AvgIpc) is 2.57. The first kappa shape index (κ1) is 20.4. The van der Waals surface area contributed by atoms with E-state index in [-0.39, 0.29) is 41.8 Å². The number of esters is 1. The minimum absolute atomic E-state index is 0.000577.